The number of aromatic nitrogens is 2. The van der Waals surface area contributed by atoms with Crippen LogP contribution in [0.15, 0.2) is 11.1 Å². The van der Waals surface area contributed by atoms with Crippen molar-refractivity contribution in [3.63, 3.8) is 0 Å². The number of hydrogen-bond donors (Lipinski definition) is 0. The molecule has 0 bridgehead atoms. The minimum absolute atomic E-state index is 0.221. The van der Waals surface area contributed by atoms with Crippen molar-refractivity contribution >= 4 is 33.5 Å². The van der Waals surface area contributed by atoms with Crippen molar-refractivity contribution < 1.29 is 19.1 Å². The van der Waals surface area contributed by atoms with E-state index in [-0.39, 0.29) is 11.5 Å². The van der Waals surface area contributed by atoms with Crippen LogP contribution in [0.2, 0.25) is 0 Å². The van der Waals surface area contributed by atoms with Gasteiger partial charge in [-0.3, -0.25) is 9.36 Å². The van der Waals surface area contributed by atoms with E-state index in [0.29, 0.717) is 33.9 Å². The van der Waals surface area contributed by atoms with E-state index in [1.165, 1.54) is 10.9 Å². The van der Waals surface area contributed by atoms with Gasteiger partial charge in [-0.25, -0.2) is 14.6 Å². The van der Waals surface area contributed by atoms with Gasteiger partial charge in [-0.05, 0) is 31.7 Å². The van der Waals surface area contributed by atoms with Crippen LogP contribution in [0, 0.1) is 12.8 Å². The molecule has 8 heteroatoms. The second-order valence-electron chi connectivity index (χ2n) is 6.88. The highest BCUT2D eigenvalue weighted by Gasteiger charge is 2.24. The summed E-state index contributed by atoms with van der Waals surface area (Å²) in [5, 5.41) is 0.340. The van der Waals surface area contributed by atoms with Crippen LogP contribution in [0.25, 0.3) is 10.2 Å². The second-order valence-corrected chi connectivity index (χ2v) is 7.88. The number of carbonyl (C=O) groups excluding carboxylic acids is 2. The summed E-state index contributed by atoms with van der Waals surface area (Å²) in [7, 11) is 0. The number of rotatable bonds is 8. The van der Waals surface area contributed by atoms with Gasteiger partial charge in [-0.1, -0.05) is 27.2 Å². The van der Waals surface area contributed by atoms with Gasteiger partial charge in [0, 0.05) is 0 Å². The average Bonchev–Trinajstić information content (AvgIpc) is 2.97. The molecule has 0 spiro atoms. The lowest BCUT2D eigenvalue weighted by molar-refractivity contribution is -0.147. The zero-order valence-electron chi connectivity index (χ0n) is 16.4. The number of thiophene rings is 1. The number of fused-ring (bicyclic) bond motifs is 1. The molecule has 0 saturated heterocycles. The quantitative estimate of drug-likeness (QED) is 0.503. The van der Waals surface area contributed by atoms with E-state index in [0.717, 1.165) is 24.2 Å². The minimum Gasteiger partial charge on any atom is -0.464 e. The van der Waals surface area contributed by atoms with Crippen LogP contribution in [-0.2, 0) is 14.3 Å². The van der Waals surface area contributed by atoms with Crippen LogP contribution < -0.4 is 5.56 Å². The molecule has 0 amide bonds. The SMILES string of the molecule is CCCCOC(=O)[C@@H](C)n1cnc2sc(C(=O)OCC(C)C)c(C)c2c1=O. The Hall–Kier alpha value is -2.22. The molecule has 0 N–H and O–H groups in total. The molecular formula is C19H26N2O5S. The number of nitrogens with zero attached hydrogens (tertiary/aromatic N) is 2. The first kappa shape index (κ1) is 21.1. The lowest BCUT2D eigenvalue weighted by Gasteiger charge is -2.14. The molecule has 0 saturated carbocycles. The number of esters is 2. The molecule has 0 fully saturated rings. The van der Waals surface area contributed by atoms with Crippen molar-refractivity contribution in [1.82, 2.24) is 9.55 Å². The molecule has 0 aliphatic carbocycles. The van der Waals surface area contributed by atoms with E-state index in [2.05, 4.69) is 4.98 Å². The van der Waals surface area contributed by atoms with Crippen LogP contribution in [0.4, 0.5) is 0 Å². The Morgan fingerprint density at radius 2 is 1.96 bits per heavy atom. The first-order chi connectivity index (χ1) is 12.8. The van der Waals surface area contributed by atoms with Crippen LogP contribution in [0.1, 0.15) is 61.8 Å². The van der Waals surface area contributed by atoms with Gasteiger partial charge in [0.15, 0.2) is 0 Å². The molecule has 0 aliphatic rings. The number of hydrogen-bond acceptors (Lipinski definition) is 7. The Labute approximate surface area is 162 Å². The van der Waals surface area contributed by atoms with Gasteiger partial charge in [0.25, 0.3) is 5.56 Å². The third-order valence-electron chi connectivity index (χ3n) is 4.11. The first-order valence-corrected chi connectivity index (χ1v) is 9.93. The van der Waals surface area contributed by atoms with Crippen molar-refractivity contribution in [2.24, 2.45) is 5.92 Å². The molecule has 148 valence electrons. The highest BCUT2D eigenvalue weighted by molar-refractivity contribution is 7.20. The van der Waals surface area contributed by atoms with E-state index < -0.39 is 18.0 Å². The summed E-state index contributed by atoms with van der Waals surface area (Å²) >= 11 is 1.13. The summed E-state index contributed by atoms with van der Waals surface area (Å²) in [6.07, 6.45) is 3.02. The molecule has 2 aromatic heterocycles. The molecule has 0 aromatic carbocycles. The summed E-state index contributed by atoms with van der Waals surface area (Å²) in [5.41, 5.74) is 0.166. The molecule has 0 aliphatic heterocycles. The number of carbonyl (C=O) groups is 2. The fourth-order valence-corrected chi connectivity index (χ4v) is 3.50. The Bertz CT molecular complexity index is 884. The Morgan fingerprint density at radius 3 is 2.59 bits per heavy atom. The van der Waals surface area contributed by atoms with E-state index in [4.69, 9.17) is 9.47 Å². The first-order valence-electron chi connectivity index (χ1n) is 9.11. The van der Waals surface area contributed by atoms with E-state index in [9.17, 15) is 14.4 Å². The standard InChI is InChI=1S/C19H26N2O5S/c1-6-7-8-25-18(23)13(5)21-10-20-16-14(17(21)22)12(4)15(27-16)19(24)26-9-11(2)3/h10-11,13H,6-9H2,1-5H3/t13-/m1/s1. The monoisotopic (exact) mass is 394 g/mol. The second kappa shape index (κ2) is 9.12. The molecule has 0 radical (unpaired) electrons. The summed E-state index contributed by atoms with van der Waals surface area (Å²) in [6.45, 7) is 9.84. The molecule has 0 unspecified atom stereocenters. The zero-order chi connectivity index (χ0) is 20.1. The van der Waals surface area contributed by atoms with E-state index >= 15 is 0 Å². The molecule has 2 heterocycles. The maximum Gasteiger partial charge on any atom is 0.348 e. The van der Waals surface area contributed by atoms with Crippen LogP contribution >= 0.6 is 11.3 Å². The smallest absolute Gasteiger partial charge is 0.348 e. The summed E-state index contributed by atoms with van der Waals surface area (Å²) in [5.74, 6) is -0.711. The summed E-state index contributed by atoms with van der Waals surface area (Å²) < 4.78 is 11.7. The number of unbranched alkanes of at least 4 members (excludes halogenated alkanes) is 1. The molecule has 27 heavy (non-hydrogen) atoms. The van der Waals surface area contributed by atoms with Crippen molar-refractivity contribution in [1.29, 1.82) is 0 Å². The zero-order valence-corrected chi connectivity index (χ0v) is 17.2. The largest absolute Gasteiger partial charge is 0.464 e. The third-order valence-corrected chi connectivity index (χ3v) is 5.29. The maximum absolute atomic E-state index is 12.9. The third kappa shape index (κ3) is 4.74. The predicted octanol–water partition coefficient (Wildman–Crippen LogP) is 3.48. The normalized spacial score (nSPS) is 12.4. The summed E-state index contributed by atoms with van der Waals surface area (Å²) in [4.78, 5) is 42.5. The number of aryl methyl sites for hydroxylation is 1. The Balaban J connectivity index is 2.33. The van der Waals surface area contributed by atoms with Crippen LogP contribution in [-0.4, -0.2) is 34.7 Å². The minimum atomic E-state index is -0.790. The lowest BCUT2D eigenvalue weighted by atomic mass is 10.2. The van der Waals surface area contributed by atoms with Crippen molar-refractivity contribution in [3.05, 3.63) is 27.1 Å². The fraction of sp³-hybridized carbons (Fsp3) is 0.579. The molecule has 2 rings (SSSR count). The van der Waals surface area contributed by atoms with E-state index in [1.807, 2.05) is 20.8 Å². The highest BCUT2D eigenvalue weighted by Crippen LogP contribution is 2.28. The van der Waals surface area contributed by atoms with Gasteiger partial charge in [0.2, 0.25) is 0 Å². The predicted molar refractivity (Wildman–Crippen MR) is 104 cm³/mol. The molecule has 2 aromatic rings. The lowest BCUT2D eigenvalue weighted by Crippen LogP contribution is -2.29. The Kier molecular flexibility index (Phi) is 7.12. The van der Waals surface area contributed by atoms with Gasteiger partial charge in [-0.15, -0.1) is 11.3 Å². The molecule has 7 nitrogen and oxygen atoms in total. The van der Waals surface area contributed by atoms with Gasteiger partial charge in [0.1, 0.15) is 15.7 Å². The van der Waals surface area contributed by atoms with Crippen molar-refractivity contribution in [2.45, 2.75) is 53.5 Å². The van der Waals surface area contributed by atoms with E-state index in [1.54, 1.807) is 13.8 Å². The van der Waals surface area contributed by atoms with Crippen molar-refractivity contribution in [3.8, 4) is 0 Å². The van der Waals surface area contributed by atoms with Gasteiger partial charge >= 0.3 is 11.9 Å². The fourth-order valence-electron chi connectivity index (χ4n) is 2.47. The maximum atomic E-state index is 12.9. The van der Waals surface area contributed by atoms with Crippen molar-refractivity contribution in [2.75, 3.05) is 13.2 Å². The number of ether oxygens (including phenoxy) is 2. The van der Waals surface area contributed by atoms with Gasteiger partial charge in [-0.2, -0.15) is 0 Å². The topological polar surface area (TPSA) is 87.5 Å². The highest BCUT2D eigenvalue weighted by atomic mass is 32.1. The molecular weight excluding hydrogens is 368 g/mol. The summed E-state index contributed by atoms with van der Waals surface area (Å²) in [6, 6.07) is -0.790. The average molecular weight is 394 g/mol. The Morgan fingerprint density at radius 1 is 1.26 bits per heavy atom. The van der Waals surface area contributed by atoms with Crippen LogP contribution in [0.3, 0.4) is 0 Å². The van der Waals surface area contributed by atoms with Gasteiger partial charge in [0.05, 0.1) is 24.9 Å². The van der Waals surface area contributed by atoms with Crippen LogP contribution in [0.5, 0.6) is 0 Å². The molecule has 1 atom stereocenters. The van der Waals surface area contributed by atoms with Gasteiger partial charge < -0.3 is 9.47 Å².